The highest BCUT2D eigenvalue weighted by molar-refractivity contribution is 5.86. The predicted molar refractivity (Wildman–Crippen MR) is 106 cm³/mol. The largest absolute Gasteiger partial charge is 0.349 e. The molecule has 0 aliphatic carbocycles. The normalized spacial score (nSPS) is 19.0. The number of hydrogen-bond donors (Lipinski definition) is 0. The van der Waals surface area contributed by atoms with E-state index in [2.05, 4.69) is 32.1 Å². The van der Waals surface area contributed by atoms with Gasteiger partial charge in [0, 0.05) is 25.0 Å². The maximum absolute atomic E-state index is 13.1. The maximum atomic E-state index is 13.1. The van der Waals surface area contributed by atoms with Crippen molar-refractivity contribution in [2.45, 2.75) is 19.3 Å². The fraction of sp³-hybridized carbons (Fsp3) is 0.333. The van der Waals surface area contributed by atoms with Crippen LogP contribution in [0.5, 0.6) is 0 Å². The van der Waals surface area contributed by atoms with Crippen LogP contribution in [0.1, 0.15) is 18.4 Å². The average Bonchev–Trinajstić information content (AvgIpc) is 3.34. The topological polar surface area (TPSA) is 66.6 Å². The molecule has 3 aromatic rings. The van der Waals surface area contributed by atoms with Gasteiger partial charge in [0.2, 0.25) is 5.91 Å². The summed E-state index contributed by atoms with van der Waals surface area (Å²) in [5.41, 5.74) is 3.05. The monoisotopic (exact) mass is 392 g/mol. The van der Waals surface area contributed by atoms with Crippen molar-refractivity contribution in [1.82, 2.24) is 24.5 Å². The summed E-state index contributed by atoms with van der Waals surface area (Å²) in [7, 11) is 0. The van der Waals surface area contributed by atoms with Crippen molar-refractivity contribution in [3.8, 4) is 0 Å². The minimum Gasteiger partial charge on any atom is -0.349 e. The van der Waals surface area contributed by atoms with E-state index in [-0.39, 0.29) is 17.6 Å². The Morgan fingerprint density at radius 2 is 2.10 bits per heavy atom. The van der Waals surface area contributed by atoms with E-state index in [9.17, 15) is 9.18 Å². The number of pyridine rings is 2. The van der Waals surface area contributed by atoms with E-state index in [1.165, 1.54) is 12.3 Å². The van der Waals surface area contributed by atoms with Crippen molar-refractivity contribution >= 4 is 17.4 Å². The Hall–Kier alpha value is -3.29. The maximum Gasteiger partial charge on any atom is 0.233 e. The van der Waals surface area contributed by atoms with Crippen LogP contribution in [0.2, 0.25) is 0 Å². The van der Waals surface area contributed by atoms with Crippen LogP contribution in [0.4, 0.5) is 10.2 Å². The van der Waals surface area contributed by atoms with Gasteiger partial charge in [-0.05, 0) is 43.0 Å². The highest BCUT2D eigenvalue weighted by Gasteiger charge is 2.35. The highest BCUT2D eigenvalue weighted by Crippen LogP contribution is 2.30. The molecule has 0 aromatic carbocycles. The lowest BCUT2D eigenvalue weighted by Gasteiger charge is -2.35. The Balaban J connectivity index is 1.23. The smallest absolute Gasteiger partial charge is 0.233 e. The summed E-state index contributed by atoms with van der Waals surface area (Å²) in [6, 6.07) is 7.14. The summed E-state index contributed by atoms with van der Waals surface area (Å²) in [6.07, 6.45) is 9.35. The minimum absolute atomic E-state index is 0.0799. The summed E-state index contributed by atoms with van der Waals surface area (Å²) >= 11 is 0. The molecule has 5 rings (SSSR count). The second kappa shape index (κ2) is 7.27. The van der Waals surface area contributed by atoms with Gasteiger partial charge in [0.1, 0.15) is 18.0 Å². The molecule has 3 aromatic heterocycles. The SMILES string of the molecule is O=C1[C@@H](CCCc2cccn3ncnc23)C=C2CN(c3ccc(F)cn3)CCN12. The van der Waals surface area contributed by atoms with E-state index in [4.69, 9.17) is 0 Å². The van der Waals surface area contributed by atoms with Crippen LogP contribution >= 0.6 is 0 Å². The molecule has 5 heterocycles. The molecule has 7 nitrogen and oxygen atoms in total. The highest BCUT2D eigenvalue weighted by atomic mass is 19.1. The molecule has 1 fully saturated rings. The standard InChI is InChI=1S/C21H21FN6O/c22-17-6-7-19(23-12-17)26-9-10-27-18(13-26)11-16(21(27)29)4-1-3-15-5-2-8-28-20(15)24-14-25-28/h2,5-8,11-12,14,16H,1,3-4,9-10,13H2/t16-/m0/s1. The fourth-order valence-electron chi connectivity index (χ4n) is 4.19. The lowest BCUT2D eigenvalue weighted by Crippen LogP contribution is -2.45. The van der Waals surface area contributed by atoms with Gasteiger partial charge >= 0.3 is 0 Å². The summed E-state index contributed by atoms with van der Waals surface area (Å²) in [5.74, 6) is 0.505. The molecule has 148 valence electrons. The molecule has 1 amide bonds. The van der Waals surface area contributed by atoms with Crippen molar-refractivity contribution < 1.29 is 9.18 Å². The van der Waals surface area contributed by atoms with Gasteiger partial charge in [-0.3, -0.25) is 4.79 Å². The molecule has 0 bridgehead atoms. The molecular weight excluding hydrogens is 371 g/mol. The number of rotatable bonds is 5. The summed E-state index contributed by atoms with van der Waals surface area (Å²) < 4.78 is 14.9. The van der Waals surface area contributed by atoms with Crippen LogP contribution in [-0.2, 0) is 11.2 Å². The number of hydrogen-bond acceptors (Lipinski definition) is 5. The summed E-state index contributed by atoms with van der Waals surface area (Å²) in [5, 5.41) is 4.17. The first-order valence-electron chi connectivity index (χ1n) is 9.85. The van der Waals surface area contributed by atoms with Gasteiger partial charge < -0.3 is 9.80 Å². The van der Waals surface area contributed by atoms with E-state index in [1.54, 1.807) is 16.9 Å². The molecule has 2 aliphatic heterocycles. The molecule has 1 saturated heterocycles. The van der Waals surface area contributed by atoms with Crippen molar-refractivity contribution in [2.75, 3.05) is 24.5 Å². The number of aryl methyl sites for hydroxylation is 1. The number of amides is 1. The van der Waals surface area contributed by atoms with Gasteiger partial charge in [-0.1, -0.05) is 12.1 Å². The van der Waals surface area contributed by atoms with Crippen LogP contribution in [0.25, 0.3) is 5.65 Å². The fourth-order valence-corrected chi connectivity index (χ4v) is 4.19. The molecule has 0 spiro atoms. The molecule has 0 radical (unpaired) electrons. The van der Waals surface area contributed by atoms with Crippen LogP contribution in [-0.4, -0.2) is 50.0 Å². The first-order valence-corrected chi connectivity index (χ1v) is 9.85. The van der Waals surface area contributed by atoms with Crippen LogP contribution in [0.3, 0.4) is 0 Å². The third-order valence-corrected chi connectivity index (χ3v) is 5.65. The number of carbonyl (C=O) groups excluding carboxylic acids is 1. The van der Waals surface area contributed by atoms with Gasteiger partial charge in [-0.25, -0.2) is 18.9 Å². The molecule has 8 heteroatoms. The van der Waals surface area contributed by atoms with E-state index in [1.807, 2.05) is 17.2 Å². The van der Waals surface area contributed by atoms with Gasteiger partial charge in [0.25, 0.3) is 0 Å². The molecule has 1 atom stereocenters. The second-order valence-corrected chi connectivity index (χ2v) is 7.46. The molecule has 29 heavy (non-hydrogen) atoms. The van der Waals surface area contributed by atoms with Crippen LogP contribution in [0, 0.1) is 11.7 Å². The Kier molecular flexibility index (Phi) is 4.46. The number of aromatic nitrogens is 4. The van der Waals surface area contributed by atoms with Gasteiger partial charge in [-0.15, -0.1) is 0 Å². The van der Waals surface area contributed by atoms with E-state index >= 15 is 0 Å². The van der Waals surface area contributed by atoms with Gasteiger partial charge in [0.15, 0.2) is 5.65 Å². The Morgan fingerprint density at radius 1 is 1.17 bits per heavy atom. The lowest BCUT2D eigenvalue weighted by atomic mass is 10.00. The molecule has 0 unspecified atom stereocenters. The summed E-state index contributed by atoms with van der Waals surface area (Å²) in [4.78, 5) is 25.3. The molecule has 0 N–H and O–H groups in total. The Morgan fingerprint density at radius 3 is 2.97 bits per heavy atom. The third-order valence-electron chi connectivity index (χ3n) is 5.65. The van der Waals surface area contributed by atoms with Crippen molar-refractivity contribution in [2.24, 2.45) is 5.92 Å². The zero-order chi connectivity index (χ0) is 19.8. The molecular formula is C21H21FN6O. The number of carbonyl (C=O) groups is 1. The minimum atomic E-state index is -0.343. The lowest BCUT2D eigenvalue weighted by molar-refractivity contribution is -0.130. The molecule has 2 aliphatic rings. The van der Waals surface area contributed by atoms with Gasteiger partial charge in [0.05, 0.1) is 18.7 Å². The van der Waals surface area contributed by atoms with E-state index in [0.717, 1.165) is 42.0 Å². The van der Waals surface area contributed by atoms with Crippen molar-refractivity contribution in [3.05, 3.63) is 66.1 Å². The number of anilines is 1. The quantitative estimate of drug-likeness (QED) is 0.667. The Labute approximate surface area is 167 Å². The zero-order valence-corrected chi connectivity index (χ0v) is 15.9. The van der Waals surface area contributed by atoms with Crippen LogP contribution < -0.4 is 4.90 Å². The summed E-state index contributed by atoms with van der Waals surface area (Å²) in [6.45, 7) is 1.96. The van der Waals surface area contributed by atoms with Crippen molar-refractivity contribution in [3.63, 3.8) is 0 Å². The van der Waals surface area contributed by atoms with Crippen molar-refractivity contribution in [1.29, 1.82) is 0 Å². The molecule has 0 saturated carbocycles. The van der Waals surface area contributed by atoms with E-state index in [0.29, 0.717) is 19.6 Å². The first kappa shape index (κ1) is 17.8. The number of nitrogens with zero attached hydrogens (tertiary/aromatic N) is 6. The Bertz CT molecular complexity index is 1080. The second-order valence-electron chi connectivity index (χ2n) is 7.46. The third kappa shape index (κ3) is 3.35. The van der Waals surface area contributed by atoms with E-state index < -0.39 is 0 Å². The number of halogens is 1. The zero-order valence-electron chi connectivity index (χ0n) is 15.9. The number of piperazine rings is 1. The average molecular weight is 392 g/mol. The number of fused-ring (bicyclic) bond motifs is 2. The van der Waals surface area contributed by atoms with Gasteiger partial charge in [-0.2, -0.15) is 5.10 Å². The first-order chi connectivity index (χ1) is 14.2. The van der Waals surface area contributed by atoms with Crippen LogP contribution in [0.15, 0.2) is 54.8 Å². The predicted octanol–water partition coefficient (Wildman–Crippen LogP) is 2.45.